The van der Waals surface area contributed by atoms with Gasteiger partial charge in [0.2, 0.25) is 0 Å². The minimum Gasteiger partial charge on any atom is -0.291 e. The predicted molar refractivity (Wildman–Crippen MR) is 35.9 cm³/mol. The molecule has 0 atom stereocenters. The fourth-order valence-corrected chi connectivity index (χ4v) is 0.654. The van der Waals surface area contributed by atoms with Crippen molar-refractivity contribution in [3.8, 4) is 0 Å². The van der Waals surface area contributed by atoms with E-state index >= 15 is 0 Å². The lowest BCUT2D eigenvalue weighted by atomic mass is 10.4. The van der Waals surface area contributed by atoms with Crippen LogP contribution in [0.3, 0.4) is 0 Å². The van der Waals surface area contributed by atoms with Gasteiger partial charge in [0.25, 0.3) is 0 Å². The van der Waals surface area contributed by atoms with Crippen LogP contribution >= 0.6 is 0 Å². The van der Waals surface area contributed by atoms with Crippen molar-refractivity contribution in [3.05, 3.63) is 36.1 Å². The maximum absolute atomic E-state index is 8.41. The lowest BCUT2D eigenvalue weighted by Crippen LogP contribution is -2.02. The summed E-state index contributed by atoms with van der Waals surface area (Å²) in [7, 11) is 0. The molecule has 0 amide bonds. The van der Waals surface area contributed by atoms with Crippen LogP contribution in [0, 0.1) is 0 Å². The molecule has 2 N–H and O–H groups in total. The molecule has 0 aromatic rings. The summed E-state index contributed by atoms with van der Waals surface area (Å²) in [5.74, 6) is 0. The molecule has 0 heterocycles. The SMILES string of the molecule is ONC1=CC=CCC=C1. The minimum absolute atomic E-state index is 0.726. The number of hydroxylamine groups is 1. The summed E-state index contributed by atoms with van der Waals surface area (Å²) < 4.78 is 0. The minimum atomic E-state index is 0.726. The molecule has 0 unspecified atom stereocenters. The molecule has 2 heteroatoms. The van der Waals surface area contributed by atoms with Gasteiger partial charge < -0.3 is 0 Å². The Morgan fingerprint density at radius 1 is 1.44 bits per heavy atom. The summed E-state index contributed by atoms with van der Waals surface area (Å²) in [5, 5.41) is 8.41. The molecule has 0 saturated carbocycles. The third-order valence-corrected chi connectivity index (χ3v) is 1.11. The van der Waals surface area contributed by atoms with Gasteiger partial charge >= 0.3 is 0 Å². The van der Waals surface area contributed by atoms with E-state index in [1.54, 1.807) is 0 Å². The smallest absolute Gasteiger partial charge is 0.0598 e. The highest BCUT2D eigenvalue weighted by molar-refractivity contribution is 5.24. The van der Waals surface area contributed by atoms with Gasteiger partial charge in [0.1, 0.15) is 0 Å². The maximum atomic E-state index is 8.41. The van der Waals surface area contributed by atoms with Crippen LogP contribution in [0.15, 0.2) is 36.1 Å². The standard InChI is InChI=1S/C7H9NO/c9-8-7-5-3-1-2-4-6-7/h1,3-6,8-9H,2H2. The number of rotatable bonds is 1. The van der Waals surface area contributed by atoms with Crippen molar-refractivity contribution in [3.63, 3.8) is 0 Å². The third-order valence-electron chi connectivity index (χ3n) is 1.11. The third kappa shape index (κ3) is 1.74. The monoisotopic (exact) mass is 123 g/mol. The van der Waals surface area contributed by atoms with Gasteiger partial charge in [-0.1, -0.05) is 18.2 Å². The van der Waals surface area contributed by atoms with E-state index in [9.17, 15) is 0 Å². The number of allylic oxidation sites excluding steroid dienone is 5. The van der Waals surface area contributed by atoms with E-state index in [-0.39, 0.29) is 0 Å². The Bertz CT molecular complexity index is 168. The molecule has 0 aromatic heterocycles. The molecule has 1 aliphatic rings. The Labute approximate surface area is 54.2 Å². The number of hydrogen-bond donors (Lipinski definition) is 2. The van der Waals surface area contributed by atoms with E-state index < -0.39 is 0 Å². The van der Waals surface area contributed by atoms with Crippen LogP contribution in [0.5, 0.6) is 0 Å². The first-order valence-corrected chi connectivity index (χ1v) is 2.87. The first kappa shape index (κ1) is 6.11. The molecule has 1 aliphatic carbocycles. The molecule has 0 radical (unpaired) electrons. The second-order valence-electron chi connectivity index (χ2n) is 1.80. The molecule has 0 fully saturated rings. The second kappa shape index (κ2) is 3.10. The molecular formula is C7H9NO. The van der Waals surface area contributed by atoms with Gasteiger partial charge in [-0.05, 0) is 18.6 Å². The van der Waals surface area contributed by atoms with Crippen molar-refractivity contribution < 1.29 is 5.21 Å². The highest BCUT2D eigenvalue weighted by atomic mass is 16.5. The van der Waals surface area contributed by atoms with Gasteiger partial charge in [0.15, 0.2) is 0 Å². The van der Waals surface area contributed by atoms with E-state index in [1.807, 2.05) is 30.4 Å². The highest BCUT2D eigenvalue weighted by Gasteiger charge is 1.86. The van der Waals surface area contributed by atoms with Crippen LogP contribution in [-0.2, 0) is 0 Å². The van der Waals surface area contributed by atoms with Crippen LogP contribution in [0.2, 0.25) is 0 Å². The van der Waals surface area contributed by atoms with Gasteiger partial charge in [-0.3, -0.25) is 10.7 Å². The lowest BCUT2D eigenvalue weighted by Gasteiger charge is -1.93. The van der Waals surface area contributed by atoms with Crippen molar-refractivity contribution in [2.24, 2.45) is 0 Å². The first-order valence-electron chi connectivity index (χ1n) is 2.87. The molecule has 0 saturated heterocycles. The van der Waals surface area contributed by atoms with Crippen molar-refractivity contribution in [2.45, 2.75) is 6.42 Å². The molecular weight excluding hydrogens is 114 g/mol. The molecule has 0 bridgehead atoms. The summed E-state index contributed by atoms with van der Waals surface area (Å²) in [6.07, 6.45) is 10.5. The topological polar surface area (TPSA) is 32.3 Å². The van der Waals surface area contributed by atoms with Crippen LogP contribution < -0.4 is 5.48 Å². The summed E-state index contributed by atoms with van der Waals surface area (Å²) in [6, 6.07) is 0. The van der Waals surface area contributed by atoms with Crippen molar-refractivity contribution in [2.75, 3.05) is 0 Å². The maximum Gasteiger partial charge on any atom is 0.0598 e. The normalized spacial score (nSPS) is 16.8. The average molecular weight is 123 g/mol. The Morgan fingerprint density at radius 2 is 2.33 bits per heavy atom. The fourth-order valence-electron chi connectivity index (χ4n) is 0.654. The fraction of sp³-hybridized carbons (Fsp3) is 0.143. The number of hydrogen-bond acceptors (Lipinski definition) is 2. The van der Waals surface area contributed by atoms with Crippen LogP contribution in [0.25, 0.3) is 0 Å². The zero-order chi connectivity index (χ0) is 6.53. The quantitative estimate of drug-likeness (QED) is 0.516. The summed E-state index contributed by atoms with van der Waals surface area (Å²) in [4.78, 5) is 0. The molecule has 2 nitrogen and oxygen atoms in total. The Balaban J connectivity index is 2.67. The van der Waals surface area contributed by atoms with Gasteiger partial charge in [0.05, 0.1) is 5.70 Å². The zero-order valence-corrected chi connectivity index (χ0v) is 5.04. The molecule has 9 heavy (non-hydrogen) atoms. The van der Waals surface area contributed by atoms with Crippen molar-refractivity contribution in [1.29, 1.82) is 0 Å². The molecule has 0 spiro atoms. The summed E-state index contributed by atoms with van der Waals surface area (Å²) in [6.45, 7) is 0. The zero-order valence-electron chi connectivity index (χ0n) is 5.04. The first-order chi connectivity index (χ1) is 4.43. The number of nitrogens with one attached hydrogen (secondary N) is 1. The van der Waals surface area contributed by atoms with E-state index in [4.69, 9.17) is 5.21 Å². The molecule has 0 aliphatic heterocycles. The Kier molecular flexibility index (Phi) is 2.10. The molecule has 1 rings (SSSR count). The largest absolute Gasteiger partial charge is 0.291 e. The molecule has 0 aromatic carbocycles. The van der Waals surface area contributed by atoms with Crippen molar-refractivity contribution >= 4 is 0 Å². The van der Waals surface area contributed by atoms with E-state index in [0.717, 1.165) is 12.1 Å². The van der Waals surface area contributed by atoms with Crippen LogP contribution in [0.4, 0.5) is 0 Å². The van der Waals surface area contributed by atoms with E-state index in [2.05, 4.69) is 5.48 Å². The van der Waals surface area contributed by atoms with Crippen LogP contribution in [0.1, 0.15) is 6.42 Å². The van der Waals surface area contributed by atoms with E-state index in [0.29, 0.717) is 0 Å². The second-order valence-corrected chi connectivity index (χ2v) is 1.80. The summed E-state index contributed by atoms with van der Waals surface area (Å²) in [5.41, 5.74) is 2.79. The van der Waals surface area contributed by atoms with Gasteiger partial charge in [-0.2, -0.15) is 0 Å². The van der Waals surface area contributed by atoms with Gasteiger partial charge in [-0.15, -0.1) is 0 Å². The molecule has 48 valence electrons. The average Bonchev–Trinajstić information content (AvgIpc) is 2.13. The highest BCUT2D eigenvalue weighted by Crippen LogP contribution is 1.99. The van der Waals surface area contributed by atoms with Gasteiger partial charge in [0, 0.05) is 0 Å². The Hall–Kier alpha value is -1.02. The predicted octanol–water partition coefficient (Wildman–Crippen LogP) is 1.37. The van der Waals surface area contributed by atoms with E-state index in [1.165, 1.54) is 0 Å². The van der Waals surface area contributed by atoms with Gasteiger partial charge in [-0.25, -0.2) is 0 Å². The van der Waals surface area contributed by atoms with Crippen molar-refractivity contribution in [1.82, 2.24) is 5.48 Å². The summed E-state index contributed by atoms with van der Waals surface area (Å²) >= 11 is 0. The Morgan fingerprint density at radius 3 is 3.11 bits per heavy atom. The van der Waals surface area contributed by atoms with Crippen LogP contribution in [-0.4, -0.2) is 5.21 Å². The lowest BCUT2D eigenvalue weighted by molar-refractivity contribution is 0.205.